The van der Waals surface area contributed by atoms with Crippen LogP contribution in [0.25, 0.3) is 0 Å². The number of piperidine rings is 1. The summed E-state index contributed by atoms with van der Waals surface area (Å²) >= 11 is 1.79. The predicted octanol–water partition coefficient (Wildman–Crippen LogP) is 2.42. The summed E-state index contributed by atoms with van der Waals surface area (Å²) < 4.78 is 0. The van der Waals surface area contributed by atoms with Crippen LogP contribution in [-0.2, 0) is 0 Å². The molecule has 2 heterocycles. The highest BCUT2D eigenvalue weighted by atomic mass is 32.1. The van der Waals surface area contributed by atoms with Crippen LogP contribution in [0.4, 0.5) is 5.13 Å². The monoisotopic (exact) mass is 239 g/mol. The van der Waals surface area contributed by atoms with Crippen molar-refractivity contribution in [2.45, 2.75) is 38.6 Å². The molecule has 1 unspecified atom stereocenters. The molecule has 2 rings (SSSR count). The van der Waals surface area contributed by atoms with Crippen molar-refractivity contribution in [2.75, 3.05) is 25.0 Å². The number of hydrogen-bond donors (Lipinski definition) is 1. The molecule has 0 bridgehead atoms. The maximum atomic E-state index is 4.62. The van der Waals surface area contributed by atoms with Crippen molar-refractivity contribution >= 4 is 16.5 Å². The molecule has 0 spiro atoms. The largest absolute Gasteiger partial charge is 0.345 e. The van der Waals surface area contributed by atoms with E-state index in [1.807, 2.05) is 7.05 Å². The molecule has 0 amide bonds. The first-order chi connectivity index (χ1) is 7.81. The van der Waals surface area contributed by atoms with Crippen molar-refractivity contribution in [3.63, 3.8) is 0 Å². The molecule has 1 atom stereocenters. The Morgan fingerprint density at radius 2 is 2.44 bits per heavy atom. The third kappa shape index (κ3) is 2.74. The average molecular weight is 239 g/mol. The van der Waals surface area contributed by atoms with Crippen LogP contribution in [-0.4, -0.2) is 31.2 Å². The molecule has 1 fully saturated rings. The number of anilines is 1. The Labute approximate surface area is 102 Å². The third-order valence-electron chi connectivity index (χ3n) is 3.21. The van der Waals surface area contributed by atoms with Gasteiger partial charge in [0.25, 0.3) is 0 Å². The van der Waals surface area contributed by atoms with E-state index in [0.29, 0.717) is 6.04 Å². The summed E-state index contributed by atoms with van der Waals surface area (Å²) in [5, 5.41) is 6.62. The lowest BCUT2D eigenvalue weighted by Gasteiger charge is -2.35. The number of rotatable bonds is 4. The molecular weight excluding hydrogens is 218 g/mol. The minimum absolute atomic E-state index is 0.687. The minimum atomic E-state index is 0.687. The Hall–Kier alpha value is -0.610. The van der Waals surface area contributed by atoms with Gasteiger partial charge in [-0.1, -0.05) is 0 Å². The van der Waals surface area contributed by atoms with Gasteiger partial charge in [-0.05, 0) is 46.2 Å². The summed E-state index contributed by atoms with van der Waals surface area (Å²) in [7, 11) is 2.03. The fraction of sp³-hybridized carbons (Fsp3) is 0.750. The minimum Gasteiger partial charge on any atom is -0.345 e. The zero-order chi connectivity index (χ0) is 11.4. The highest BCUT2D eigenvalue weighted by Crippen LogP contribution is 2.28. The van der Waals surface area contributed by atoms with Crippen molar-refractivity contribution in [1.29, 1.82) is 0 Å². The molecule has 1 N–H and O–H groups in total. The molecule has 90 valence electrons. The Bertz CT molecular complexity index is 324. The molecule has 1 aliphatic heterocycles. The molecule has 0 aromatic carbocycles. The van der Waals surface area contributed by atoms with Gasteiger partial charge in [-0.3, -0.25) is 0 Å². The van der Waals surface area contributed by atoms with Crippen LogP contribution in [0.3, 0.4) is 0 Å². The summed E-state index contributed by atoms with van der Waals surface area (Å²) in [4.78, 5) is 7.13. The second kappa shape index (κ2) is 5.64. The average Bonchev–Trinajstić information content (AvgIpc) is 2.73. The van der Waals surface area contributed by atoms with E-state index in [2.05, 4.69) is 27.5 Å². The molecule has 1 aromatic heterocycles. The molecule has 16 heavy (non-hydrogen) atoms. The number of aryl methyl sites for hydroxylation is 1. The molecule has 0 radical (unpaired) electrons. The van der Waals surface area contributed by atoms with Gasteiger partial charge in [-0.15, -0.1) is 11.3 Å². The second-order valence-corrected chi connectivity index (χ2v) is 5.34. The number of thiazole rings is 1. The van der Waals surface area contributed by atoms with Gasteiger partial charge < -0.3 is 10.2 Å². The maximum absolute atomic E-state index is 4.62. The molecular formula is C12H21N3S. The number of aromatic nitrogens is 1. The van der Waals surface area contributed by atoms with E-state index >= 15 is 0 Å². The van der Waals surface area contributed by atoms with E-state index in [4.69, 9.17) is 0 Å². The van der Waals surface area contributed by atoms with Crippen molar-refractivity contribution < 1.29 is 0 Å². The van der Waals surface area contributed by atoms with Crippen molar-refractivity contribution in [1.82, 2.24) is 10.3 Å². The highest BCUT2D eigenvalue weighted by Gasteiger charge is 2.23. The molecule has 1 aromatic rings. The van der Waals surface area contributed by atoms with E-state index in [0.717, 1.165) is 12.2 Å². The Kier molecular flexibility index (Phi) is 4.18. The van der Waals surface area contributed by atoms with Crippen LogP contribution in [0, 0.1) is 6.92 Å². The Morgan fingerprint density at radius 3 is 3.12 bits per heavy atom. The van der Waals surface area contributed by atoms with Crippen LogP contribution in [0.5, 0.6) is 0 Å². The van der Waals surface area contributed by atoms with Gasteiger partial charge >= 0.3 is 0 Å². The molecule has 0 aliphatic carbocycles. The Balaban J connectivity index is 2.04. The maximum Gasteiger partial charge on any atom is 0.185 e. The third-order valence-corrected chi connectivity index (χ3v) is 4.20. The number of hydrogen-bond acceptors (Lipinski definition) is 4. The van der Waals surface area contributed by atoms with Crippen LogP contribution < -0.4 is 10.2 Å². The standard InChI is InChI=1S/C12H21N3S/c1-10-9-16-12(14-10)15-8-4-3-5-11(15)6-7-13-2/h9,11,13H,3-8H2,1-2H3. The predicted molar refractivity (Wildman–Crippen MR) is 70.4 cm³/mol. The first-order valence-electron chi connectivity index (χ1n) is 6.14. The zero-order valence-corrected chi connectivity index (χ0v) is 11.0. The van der Waals surface area contributed by atoms with Gasteiger partial charge in [0.1, 0.15) is 0 Å². The molecule has 1 aliphatic rings. The van der Waals surface area contributed by atoms with Crippen LogP contribution in [0.2, 0.25) is 0 Å². The summed E-state index contributed by atoms with van der Waals surface area (Å²) in [6.07, 6.45) is 5.24. The fourth-order valence-corrected chi connectivity index (χ4v) is 3.24. The summed E-state index contributed by atoms with van der Waals surface area (Å²) in [5.41, 5.74) is 1.15. The van der Waals surface area contributed by atoms with Crippen molar-refractivity contribution in [3.05, 3.63) is 11.1 Å². The van der Waals surface area contributed by atoms with Crippen LogP contribution >= 0.6 is 11.3 Å². The first kappa shape index (κ1) is 11.9. The van der Waals surface area contributed by atoms with Gasteiger partial charge in [-0.2, -0.15) is 0 Å². The van der Waals surface area contributed by atoms with Gasteiger partial charge in [0.2, 0.25) is 0 Å². The van der Waals surface area contributed by atoms with E-state index in [1.54, 1.807) is 11.3 Å². The normalized spacial score (nSPS) is 21.4. The molecule has 4 heteroatoms. The van der Waals surface area contributed by atoms with Crippen molar-refractivity contribution in [3.8, 4) is 0 Å². The van der Waals surface area contributed by atoms with E-state index in [1.165, 1.54) is 37.4 Å². The molecule has 3 nitrogen and oxygen atoms in total. The van der Waals surface area contributed by atoms with E-state index in [9.17, 15) is 0 Å². The summed E-state index contributed by atoms with van der Waals surface area (Å²) in [6, 6.07) is 0.687. The lowest BCUT2D eigenvalue weighted by Crippen LogP contribution is -2.41. The first-order valence-corrected chi connectivity index (χ1v) is 7.02. The summed E-state index contributed by atoms with van der Waals surface area (Å²) in [6.45, 7) is 4.36. The smallest absolute Gasteiger partial charge is 0.185 e. The SMILES string of the molecule is CNCCC1CCCCN1c1nc(C)cs1. The second-order valence-electron chi connectivity index (χ2n) is 4.51. The summed E-state index contributed by atoms with van der Waals surface area (Å²) in [5.74, 6) is 0. The topological polar surface area (TPSA) is 28.2 Å². The lowest BCUT2D eigenvalue weighted by molar-refractivity contribution is 0.433. The van der Waals surface area contributed by atoms with Crippen molar-refractivity contribution in [2.24, 2.45) is 0 Å². The van der Waals surface area contributed by atoms with Gasteiger partial charge in [-0.25, -0.2) is 4.98 Å². The number of nitrogens with zero attached hydrogens (tertiary/aromatic N) is 2. The van der Waals surface area contributed by atoms with E-state index in [-0.39, 0.29) is 0 Å². The highest BCUT2D eigenvalue weighted by molar-refractivity contribution is 7.13. The Morgan fingerprint density at radius 1 is 1.56 bits per heavy atom. The van der Waals surface area contributed by atoms with Gasteiger partial charge in [0, 0.05) is 18.0 Å². The van der Waals surface area contributed by atoms with Crippen LogP contribution in [0.1, 0.15) is 31.4 Å². The van der Waals surface area contributed by atoms with Crippen LogP contribution in [0.15, 0.2) is 5.38 Å². The quantitative estimate of drug-likeness (QED) is 0.874. The van der Waals surface area contributed by atoms with Gasteiger partial charge in [0.15, 0.2) is 5.13 Å². The molecule has 1 saturated heterocycles. The number of nitrogens with one attached hydrogen (secondary N) is 1. The van der Waals surface area contributed by atoms with E-state index < -0.39 is 0 Å². The lowest BCUT2D eigenvalue weighted by atomic mass is 10.00. The zero-order valence-electron chi connectivity index (χ0n) is 10.2. The molecule has 0 saturated carbocycles. The fourth-order valence-electron chi connectivity index (χ4n) is 2.34. The van der Waals surface area contributed by atoms with Gasteiger partial charge in [0.05, 0.1) is 5.69 Å².